The first kappa shape index (κ1) is 15.8. The zero-order valence-corrected chi connectivity index (χ0v) is 14.7. The van der Waals surface area contributed by atoms with E-state index in [0.717, 1.165) is 47.1 Å². The molecule has 5 heteroatoms. The first-order valence-electron chi connectivity index (χ1n) is 9.12. The second-order valence-electron chi connectivity index (χ2n) is 6.75. The Kier molecular flexibility index (Phi) is 3.71. The van der Waals surface area contributed by atoms with E-state index in [2.05, 4.69) is 15.4 Å². The van der Waals surface area contributed by atoms with Gasteiger partial charge in [0.25, 0.3) is 5.91 Å². The fourth-order valence-electron chi connectivity index (χ4n) is 3.73. The van der Waals surface area contributed by atoms with Crippen molar-refractivity contribution in [1.82, 2.24) is 14.8 Å². The number of benzene rings is 2. The SMILES string of the molecule is O=C(Nc1cnc2ccccc2c1)c1nn(-c2ccccc2)c2c1CCC2. The van der Waals surface area contributed by atoms with Crippen LogP contribution >= 0.6 is 0 Å². The molecule has 0 radical (unpaired) electrons. The maximum atomic E-state index is 12.9. The molecule has 5 nitrogen and oxygen atoms in total. The molecule has 27 heavy (non-hydrogen) atoms. The third-order valence-corrected chi connectivity index (χ3v) is 4.99. The molecule has 4 aromatic rings. The molecule has 2 aromatic heterocycles. The van der Waals surface area contributed by atoms with Crippen molar-refractivity contribution in [2.24, 2.45) is 0 Å². The second kappa shape index (κ2) is 6.36. The van der Waals surface area contributed by atoms with E-state index < -0.39 is 0 Å². The number of pyridine rings is 1. The molecule has 0 spiro atoms. The molecule has 0 saturated heterocycles. The summed E-state index contributed by atoms with van der Waals surface area (Å²) in [5.41, 5.74) is 5.29. The third kappa shape index (κ3) is 2.77. The molecule has 2 aromatic carbocycles. The number of hydrogen-bond donors (Lipinski definition) is 1. The smallest absolute Gasteiger partial charge is 0.276 e. The van der Waals surface area contributed by atoms with E-state index in [0.29, 0.717) is 11.4 Å². The van der Waals surface area contributed by atoms with Crippen molar-refractivity contribution in [3.05, 3.63) is 83.8 Å². The fourth-order valence-corrected chi connectivity index (χ4v) is 3.73. The molecule has 0 saturated carbocycles. The van der Waals surface area contributed by atoms with Gasteiger partial charge >= 0.3 is 0 Å². The van der Waals surface area contributed by atoms with Crippen LogP contribution in [0.25, 0.3) is 16.6 Å². The molecule has 5 rings (SSSR count). The number of rotatable bonds is 3. The fraction of sp³-hybridized carbons (Fsp3) is 0.136. The van der Waals surface area contributed by atoms with E-state index in [-0.39, 0.29) is 5.91 Å². The van der Waals surface area contributed by atoms with Crippen LogP contribution in [0.1, 0.15) is 28.2 Å². The minimum Gasteiger partial charge on any atom is -0.319 e. The average Bonchev–Trinajstić information content (AvgIpc) is 3.31. The van der Waals surface area contributed by atoms with Gasteiger partial charge in [-0.25, -0.2) is 4.68 Å². The zero-order valence-electron chi connectivity index (χ0n) is 14.7. The number of anilines is 1. The van der Waals surface area contributed by atoms with Gasteiger partial charge in [0.05, 0.1) is 23.1 Å². The minimum atomic E-state index is -0.181. The van der Waals surface area contributed by atoms with Gasteiger partial charge in [-0.3, -0.25) is 9.78 Å². The van der Waals surface area contributed by atoms with E-state index >= 15 is 0 Å². The first-order valence-corrected chi connectivity index (χ1v) is 9.12. The first-order chi connectivity index (χ1) is 13.3. The highest BCUT2D eigenvalue weighted by Crippen LogP contribution is 2.28. The van der Waals surface area contributed by atoms with Gasteiger partial charge in [-0.2, -0.15) is 5.10 Å². The molecule has 0 fully saturated rings. The molecule has 0 unspecified atom stereocenters. The highest BCUT2D eigenvalue weighted by atomic mass is 16.2. The summed E-state index contributed by atoms with van der Waals surface area (Å²) in [6.07, 6.45) is 4.58. The van der Waals surface area contributed by atoms with E-state index in [9.17, 15) is 4.79 Å². The maximum Gasteiger partial charge on any atom is 0.276 e. The van der Waals surface area contributed by atoms with Crippen LogP contribution in [0.15, 0.2) is 66.9 Å². The molecule has 0 atom stereocenters. The van der Waals surface area contributed by atoms with Gasteiger partial charge in [-0.15, -0.1) is 0 Å². The van der Waals surface area contributed by atoms with Crippen LogP contribution in [0.5, 0.6) is 0 Å². The lowest BCUT2D eigenvalue weighted by atomic mass is 10.2. The molecule has 1 amide bonds. The molecule has 0 aliphatic heterocycles. The number of hydrogen-bond acceptors (Lipinski definition) is 3. The van der Waals surface area contributed by atoms with E-state index in [1.807, 2.05) is 65.3 Å². The highest BCUT2D eigenvalue weighted by Gasteiger charge is 2.27. The van der Waals surface area contributed by atoms with Crippen LogP contribution in [0.4, 0.5) is 5.69 Å². The van der Waals surface area contributed by atoms with Crippen molar-refractivity contribution in [3.63, 3.8) is 0 Å². The minimum absolute atomic E-state index is 0.181. The van der Waals surface area contributed by atoms with Crippen molar-refractivity contribution < 1.29 is 4.79 Å². The quantitative estimate of drug-likeness (QED) is 0.601. The van der Waals surface area contributed by atoms with Crippen LogP contribution in [0, 0.1) is 0 Å². The van der Waals surface area contributed by atoms with E-state index in [1.54, 1.807) is 6.20 Å². The summed E-state index contributed by atoms with van der Waals surface area (Å²) < 4.78 is 1.91. The second-order valence-corrected chi connectivity index (χ2v) is 6.75. The monoisotopic (exact) mass is 354 g/mol. The van der Waals surface area contributed by atoms with Gasteiger partial charge in [0.1, 0.15) is 0 Å². The van der Waals surface area contributed by atoms with E-state index in [1.165, 1.54) is 0 Å². The average molecular weight is 354 g/mol. The largest absolute Gasteiger partial charge is 0.319 e. The van der Waals surface area contributed by atoms with Gasteiger partial charge in [0, 0.05) is 16.6 Å². The number of amides is 1. The number of para-hydroxylation sites is 2. The molecule has 0 bridgehead atoms. The Labute approximate surface area is 156 Å². The number of nitrogens with one attached hydrogen (secondary N) is 1. The predicted octanol–water partition coefficient (Wildman–Crippen LogP) is 4.16. The lowest BCUT2D eigenvalue weighted by Crippen LogP contribution is -2.15. The van der Waals surface area contributed by atoms with Gasteiger partial charge in [-0.1, -0.05) is 36.4 Å². The van der Waals surface area contributed by atoms with Gasteiger partial charge < -0.3 is 5.32 Å². The molecule has 2 heterocycles. The zero-order chi connectivity index (χ0) is 18.2. The van der Waals surface area contributed by atoms with E-state index in [4.69, 9.17) is 0 Å². The summed E-state index contributed by atoms with van der Waals surface area (Å²) >= 11 is 0. The van der Waals surface area contributed by atoms with Gasteiger partial charge in [-0.05, 0) is 43.5 Å². The maximum absolute atomic E-state index is 12.9. The third-order valence-electron chi connectivity index (χ3n) is 4.99. The molecule has 1 aliphatic rings. The van der Waals surface area contributed by atoms with Crippen molar-refractivity contribution in [2.45, 2.75) is 19.3 Å². The number of fused-ring (bicyclic) bond motifs is 2. The van der Waals surface area contributed by atoms with Crippen LogP contribution in [0.2, 0.25) is 0 Å². The molecule has 132 valence electrons. The topological polar surface area (TPSA) is 59.8 Å². The lowest BCUT2D eigenvalue weighted by Gasteiger charge is -2.06. The van der Waals surface area contributed by atoms with Crippen molar-refractivity contribution >= 4 is 22.5 Å². The lowest BCUT2D eigenvalue weighted by molar-refractivity contribution is 0.102. The number of nitrogens with zero attached hydrogens (tertiary/aromatic N) is 3. The highest BCUT2D eigenvalue weighted by molar-refractivity contribution is 6.04. The Hall–Kier alpha value is -3.47. The molecule has 1 aliphatic carbocycles. The van der Waals surface area contributed by atoms with Gasteiger partial charge in [0.2, 0.25) is 0 Å². The predicted molar refractivity (Wildman–Crippen MR) is 105 cm³/mol. The summed E-state index contributed by atoms with van der Waals surface area (Å²) in [6, 6.07) is 19.8. The Morgan fingerprint density at radius 1 is 1.00 bits per heavy atom. The molecular weight excluding hydrogens is 336 g/mol. The Morgan fingerprint density at radius 3 is 2.70 bits per heavy atom. The van der Waals surface area contributed by atoms with Crippen LogP contribution in [0.3, 0.4) is 0 Å². The van der Waals surface area contributed by atoms with Crippen LogP contribution in [-0.4, -0.2) is 20.7 Å². The summed E-state index contributed by atoms with van der Waals surface area (Å²) in [7, 11) is 0. The summed E-state index contributed by atoms with van der Waals surface area (Å²) in [4.78, 5) is 17.4. The van der Waals surface area contributed by atoms with Crippen molar-refractivity contribution in [3.8, 4) is 5.69 Å². The van der Waals surface area contributed by atoms with Crippen LogP contribution < -0.4 is 5.32 Å². The number of aromatic nitrogens is 3. The summed E-state index contributed by atoms with van der Waals surface area (Å²) in [6.45, 7) is 0. The van der Waals surface area contributed by atoms with Gasteiger partial charge in [0.15, 0.2) is 5.69 Å². The van der Waals surface area contributed by atoms with Crippen molar-refractivity contribution in [2.75, 3.05) is 5.32 Å². The number of carbonyl (C=O) groups is 1. The van der Waals surface area contributed by atoms with Crippen LogP contribution in [-0.2, 0) is 12.8 Å². The summed E-state index contributed by atoms with van der Waals surface area (Å²) in [5, 5.41) is 8.61. The normalized spacial score (nSPS) is 12.9. The van der Waals surface area contributed by atoms with Crippen molar-refractivity contribution in [1.29, 1.82) is 0 Å². The molecular formula is C22H18N4O. The summed E-state index contributed by atoms with van der Waals surface area (Å²) in [5.74, 6) is -0.181. The Balaban J connectivity index is 1.50. The molecule has 1 N–H and O–H groups in total. The number of carbonyl (C=O) groups excluding carboxylic acids is 1. The Morgan fingerprint density at radius 2 is 1.81 bits per heavy atom. The standard InChI is InChI=1S/C22H18N4O/c27-22(24-16-13-15-7-4-5-11-19(15)23-14-16)21-18-10-6-12-20(18)26(25-21)17-8-2-1-3-9-17/h1-5,7-9,11,13-14H,6,10,12H2,(H,24,27). The Bertz CT molecular complexity index is 1150.